The van der Waals surface area contributed by atoms with Crippen molar-refractivity contribution in [1.82, 2.24) is 4.98 Å². The second-order valence-corrected chi connectivity index (χ2v) is 4.17. The molecule has 0 unspecified atom stereocenters. The number of thiazole rings is 1. The van der Waals surface area contributed by atoms with Crippen molar-refractivity contribution in [2.75, 3.05) is 0 Å². The van der Waals surface area contributed by atoms with E-state index in [-0.39, 0.29) is 6.10 Å². The first kappa shape index (κ1) is 10.2. The number of nitrogens with zero attached hydrogens (tertiary/aromatic N) is 1. The van der Waals surface area contributed by atoms with E-state index in [0.717, 1.165) is 17.0 Å². The highest BCUT2D eigenvalue weighted by molar-refractivity contribution is 7.07. The minimum Gasteiger partial charge on any atom is -0.491 e. The molecule has 15 heavy (non-hydrogen) atoms. The first-order valence-electron chi connectivity index (χ1n) is 4.84. The van der Waals surface area contributed by atoms with Gasteiger partial charge in [0.1, 0.15) is 5.75 Å². The van der Waals surface area contributed by atoms with Gasteiger partial charge in [0.25, 0.3) is 0 Å². The molecular formula is C12H12NOS. The summed E-state index contributed by atoms with van der Waals surface area (Å²) >= 11 is 1.48. The van der Waals surface area contributed by atoms with E-state index in [1.165, 1.54) is 11.3 Å². The zero-order valence-electron chi connectivity index (χ0n) is 8.73. The lowest BCUT2D eigenvalue weighted by molar-refractivity contribution is 0.242. The molecule has 1 aromatic heterocycles. The lowest BCUT2D eigenvalue weighted by Crippen LogP contribution is -2.05. The van der Waals surface area contributed by atoms with Crippen molar-refractivity contribution < 1.29 is 4.74 Å². The maximum Gasteiger partial charge on any atom is 0.152 e. The van der Waals surface area contributed by atoms with Crippen molar-refractivity contribution in [3.8, 4) is 17.0 Å². The van der Waals surface area contributed by atoms with Crippen molar-refractivity contribution in [2.45, 2.75) is 20.0 Å². The average molecular weight is 218 g/mol. The van der Waals surface area contributed by atoms with Crippen LogP contribution < -0.4 is 4.74 Å². The number of ether oxygens (including phenoxy) is 1. The Morgan fingerprint density at radius 3 is 2.53 bits per heavy atom. The van der Waals surface area contributed by atoms with Crippen LogP contribution in [0.25, 0.3) is 11.3 Å². The van der Waals surface area contributed by atoms with Crippen LogP contribution in [0.2, 0.25) is 0 Å². The molecule has 2 rings (SSSR count). The first-order chi connectivity index (χ1) is 7.25. The molecule has 0 atom stereocenters. The van der Waals surface area contributed by atoms with Crippen LogP contribution >= 0.6 is 11.3 Å². The summed E-state index contributed by atoms with van der Waals surface area (Å²) in [4.78, 5) is 4.13. The molecule has 0 aliphatic heterocycles. The standard InChI is InChI=1S/C12H12NOS/c1-9(2)14-11-5-3-10(4-6-11)12-7-15-8-13-12/h3-7,9H,1-2H3. The van der Waals surface area contributed by atoms with Gasteiger partial charge in [0.15, 0.2) is 5.51 Å². The van der Waals surface area contributed by atoms with Gasteiger partial charge in [-0.1, -0.05) is 0 Å². The number of benzene rings is 1. The van der Waals surface area contributed by atoms with Gasteiger partial charge < -0.3 is 4.74 Å². The van der Waals surface area contributed by atoms with Crippen LogP contribution in [0.15, 0.2) is 29.6 Å². The van der Waals surface area contributed by atoms with Crippen molar-refractivity contribution in [3.63, 3.8) is 0 Å². The minimum absolute atomic E-state index is 0.212. The first-order valence-corrected chi connectivity index (χ1v) is 5.72. The van der Waals surface area contributed by atoms with Crippen LogP contribution in [0.4, 0.5) is 0 Å². The SMILES string of the molecule is CC(C)Oc1ccc(-c2cs[c]n2)cc1. The van der Waals surface area contributed by atoms with Gasteiger partial charge >= 0.3 is 0 Å². The van der Waals surface area contributed by atoms with Crippen LogP contribution in [-0.4, -0.2) is 11.1 Å². The Morgan fingerprint density at radius 1 is 1.27 bits per heavy atom. The van der Waals surface area contributed by atoms with Gasteiger partial charge in [-0.25, -0.2) is 4.98 Å². The molecule has 0 aliphatic carbocycles. The molecule has 2 aromatic rings. The summed E-state index contributed by atoms with van der Waals surface area (Å²) in [7, 11) is 0. The Morgan fingerprint density at radius 2 is 2.00 bits per heavy atom. The monoisotopic (exact) mass is 218 g/mol. The van der Waals surface area contributed by atoms with Crippen molar-refractivity contribution >= 4 is 11.3 Å². The average Bonchev–Trinajstić information content (AvgIpc) is 2.71. The summed E-state index contributed by atoms with van der Waals surface area (Å²) in [6.07, 6.45) is 0.212. The number of aromatic nitrogens is 1. The predicted octanol–water partition coefficient (Wildman–Crippen LogP) is 3.40. The Balaban J connectivity index is 2.17. The van der Waals surface area contributed by atoms with E-state index in [0.29, 0.717) is 0 Å². The van der Waals surface area contributed by atoms with E-state index in [2.05, 4.69) is 10.5 Å². The molecular weight excluding hydrogens is 206 g/mol. The lowest BCUT2D eigenvalue weighted by Gasteiger charge is -2.09. The quantitative estimate of drug-likeness (QED) is 0.787. The normalized spacial score (nSPS) is 10.6. The Hall–Kier alpha value is -1.35. The molecule has 1 radical (unpaired) electrons. The van der Waals surface area contributed by atoms with E-state index >= 15 is 0 Å². The second kappa shape index (κ2) is 4.45. The summed E-state index contributed by atoms with van der Waals surface area (Å²) in [5.74, 6) is 0.896. The third-order valence-electron chi connectivity index (χ3n) is 1.91. The molecule has 0 saturated heterocycles. The highest BCUT2D eigenvalue weighted by Crippen LogP contribution is 2.22. The van der Waals surface area contributed by atoms with Crippen LogP contribution in [0.1, 0.15) is 13.8 Å². The molecule has 1 heterocycles. The molecule has 0 aliphatic rings. The Bertz CT molecular complexity index is 406. The van der Waals surface area contributed by atoms with Crippen LogP contribution in [0.5, 0.6) is 5.75 Å². The Labute approximate surface area is 93.6 Å². The van der Waals surface area contributed by atoms with Gasteiger partial charge in [0.05, 0.1) is 11.8 Å². The third kappa shape index (κ3) is 2.57. The number of rotatable bonds is 3. The lowest BCUT2D eigenvalue weighted by atomic mass is 10.2. The zero-order valence-corrected chi connectivity index (χ0v) is 9.54. The van der Waals surface area contributed by atoms with Gasteiger partial charge in [-0.2, -0.15) is 0 Å². The molecule has 0 spiro atoms. The van der Waals surface area contributed by atoms with Crippen LogP contribution in [0, 0.1) is 5.51 Å². The van der Waals surface area contributed by atoms with E-state index in [1.54, 1.807) is 0 Å². The van der Waals surface area contributed by atoms with Gasteiger partial charge in [-0.3, -0.25) is 0 Å². The molecule has 3 heteroatoms. The van der Waals surface area contributed by atoms with Crippen LogP contribution in [-0.2, 0) is 0 Å². The maximum absolute atomic E-state index is 5.56. The Kier molecular flexibility index (Phi) is 3.02. The molecule has 77 valence electrons. The highest BCUT2D eigenvalue weighted by atomic mass is 32.1. The smallest absolute Gasteiger partial charge is 0.152 e. The van der Waals surface area contributed by atoms with E-state index in [4.69, 9.17) is 4.74 Å². The summed E-state index contributed by atoms with van der Waals surface area (Å²) < 4.78 is 5.56. The fourth-order valence-electron chi connectivity index (χ4n) is 1.29. The molecule has 2 nitrogen and oxygen atoms in total. The number of hydrogen-bond acceptors (Lipinski definition) is 3. The molecule has 0 amide bonds. The molecule has 0 bridgehead atoms. The topological polar surface area (TPSA) is 22.1 Å². The second-order valence-electron chi connectivity index (χ2n) is 3.52. The summed E-state index contributed by atoms with van der Waals surface area (Å²) in [6.45, 7) is 4.03. The van der Waals surface area contributed by atoms with Gasteiger partial charge in [-0.15, -0.1) is 11.3 Å². The van der Waals surface area contributed by atoms with Crippen molar-refractivity contribution in [3.05, 3.63) is 35.2 Å². The largest absolute Gasteiger partial charge is 0.491 e. The summed E-state index contributed by atoms with van der Waals surface area (Å²) in [5, 5.41) is 1.98. The molecule has 0 fully saturated rings. The molecule has 0 saturated carbocycles. The third-order valence-corrected chi connectivity index (χ3v) is 2.45. The van der Waals surface area contributed by atoms with Gasteiger partial charge in [0, 0.05) is 10.9 Å². The minimum atomic E-state index is 0.212. The van der Waals surface area contributed by atoms with Gasteiger partial charge in [-0.05, 0) is 38.1 Å². The van der Waals surface area contributed by atoms with Gasteiger partial charge in [0.2, 0.25) is 0 Å². The van der Waals surface area contributed by atoms with Crippen molar-refractivity contribution in [2.24, 2.45) is 0 Å². The summed E-state index contributed by atoms with van der Waals surface area (Å²) in [5.41, 5.74) is 4.90. The molecule has 1 aromatic carbocycles. The van der Waals surface area contributed by atoms with Crippen molar-refractivity contribution in [1.29, 1.82) is 0 Å². The molecule has 0 N–H and O–H groups in total. The number of hydrogen-bond donors (Lipinski definition) is 0. The van der Waals surface area contributed by atoms with Crippen LogP contribution in [0.3, 0.4) is 0 Å². The van der Waals surface area contributed by atoms with E-state index in [1.807, 2.05) is 43.5 Å². The summed E-state index contributed by atoms with van der Waals surface area (Å²) in [6, 6.07) is 7.96. The van der Waals surface area contributed by atoms with E-state index < -0.39 is 0 Å². The van der Waals surface area contributed by atoms with E-state index in [9.17, 15) is 0 Å². The predicted molar refractivity (Wildman–Crippen MR) is 62.2 cm³/mol. The zero-order chi connectivity index (χ0) is 10.7. The maximum atomic E-state index is 5.56. The highest BCUT2D eigenvalue weighted by Gasteiger charge is 2.01. The fourth-order valence-corrected chi connectivity index (χ4v) is 1.80. The fraction of sp³-hybridized carbons (Fsp3) is 0.250.